The summed E-state index contributed by atoms with van der Waals surface area (Å²) in [6, 6.07) is 0. The fourth-order valence-corrected chi connectivity index (χ4v) is 1.74. The molecule has 4 heteroatoms. The normalized spacial score (nSPS) is 23.9. The van der Waals surface area contributed by atoms with Crippen LogP contribution in [0, 0.1) is 5.92 Å². The van der Waals surface area contributed by atoms with E-state index in [1.807, 2.05) is 6.92 Å². The summed E-state index contributed by atoms with van der Waals surface area (Å²) in [6.45, 7) is 3.80. The van der Waals surface area contributed by atoms with Crippen LogP contribution >= 0.6 is 0 Å². The number of carbonyl (C=O) groups excluding carboxylic acids is 1. The lowest BCUT2D eigenvalue weighted by atomic mass is 10.1. The van der Waals surface area contributed by atoms with Gasteiger partial charge in [-0.05, 0) is 12.3 Å². The Bertz CT molecular complexity index is 196. The predicted octanol–water partition coefficient (Wildman–Crippen LogP) is 0.252. The molecule has 1 aliphatic rings. The molecule has 0 radical (unpaired) electrons. The van der Waals surface area contributed by atoms with Crippen LogP contribution in [0.25, 0.3) is 0 Å². The number of aliphatic hydroxyl groups is 1. The van der Waals surface area contributed by atoms with Crippen molar-refractivity contribution in [3.05, 3.63) is 0 Å². The number of ether oxygens (including phenoxy) is 1. The van der Waals surface area contributed by atoms with Crippen LogP contribution in [0.15, 0.2) is 0 Å². The molecule has 1 amide bonds. The number of methoxy groups -OCH3 is 1. The summed E-state index contributed by atoms with van der Waals surface area (Å²) in [4.78, 5) is 13.4. The molecule has 1 heterocycles. The lowest BCUT2D eigenvalue weighted by Gasteiger charge is -2.17. The van der Waals surface area contributed by atoms with Gasteiger partial charge in [-0.25, -0.2) is 0 Å². The fraction of sp³-hybridized carbons (Fsp3) is 0.900. The first-order chi connectivity index (χ1) is 6.63. The summed E-state index contributed by atoms with van der Waals surface area (Å²) in [6.07, 6.45) is 0.905. The third-order valence-electron chi connectivity index (χ3n) is 2.49. The summed E-state index contributed by atoms with van der Waals surface area (Å²) in [7, 11) is 1.64. The summed E-state index contributed by atoms with van der Waals surface area (Å²) in [5, 5.41) is 9.27. The van der Waals surface area contributed by atoms with Gasteiger partial charge in [0.25, 0.3) is 0 Å². The lowest BCUT2D eigenvalue weighted by Crippen LogP contribution is -2.31. The molecular formula is C10H19NO3. The van der Waals surface area contributed by atoms with Gasteiger partial charge in [-0.15, -0.1) is 0 Å². The molecule has 1 N–H and O–H groups in total. The van der Waals surface area contributed by atoms with E-state index in [0.29, 0.717) is 32.5 Å². The first-order valence-electron chi connectivity index (χ1n) is 5.08. The maximum Gasteiger partial charge on any atom is 0.223 e. The molecule has 0 bridgehead atoms. The molecule has 0 aromatic carbocycles. The summed E-state index contributed by atoms with van der Waals surface area (Å²) >= 11 is 0. The van der Waals surface area contributed by atoms with Crippen molar-refractivity contribution < 1.29 is 14.6 Å². The number of aliphatic hydroxyl groups excluding tert-OH is 1. The molecule has 0 saturated carbocycles. The maximum atomic E-state index is 11.6. The number of hydrogen-bond acceptors (Lipinski definition) is 3. The van der Waals surface area contributed by atoms with Crippen molar-refractivity contribution >= 4 is 5.91 Å². The highest BCUT2D eigenvalue weighted by atomic mass is 16.5. The van der Waals surface area contributed by atoms with Crippen LogP contribution in [-0.2, 0) is 9.53 Å². The third kappa shape index (κ3) is 3.27. The number of likely N-dealkylation sites (tertiary alicyclic amines) is 1. The molecule has 1 aliphatic heterocycles. The van der Waals surface area contributed by atoms with Gasteiger partial charge in [-0.1, -0.05) is 6.92 Å². The van der Waals surface area contributed by atoms with E-state index in [0.717, 1.165) is 0 Å². The second-order valence-corrected chi connectivity index (χ2v) is 4.05. The lowest BCUT2D eigenvalue weighted by molar-refractivity contribution is -0.131. The zero-order valence-corrected chi connectivity index (χ0v) is 8.90. The number of nitrogens with zero attached hydrogens (tertiary/aromatic N) is 1. The molecule has 0 aliphatic carbocycles. The standard InChI is InChI=1S/C10H19NO3/c1-8(7-14-2)5-10(13)11-4-3-9(12)6-11/h8-9,12H,3-7H2,1-2H3/t8?,9-/m0/s1. The molecule has 0 aromatic heterocycles. The fourth-order valence-electron chi connectivity index (χ4n) is 1.74. The zero-order chi connectivity index (χ0) is 10.6. The minimum atomic E-state index is -0.323. The van der Waals surface area contributed by atoms with Gasteiger partial charge < -0.3 is 14.7 Å². The molecule has 82 valence electrons. The van der Waals surface area contributed by atoms with Crippen molar-refractivity contribution in [1.29, 1.82) is 0 Å². The Morgan fingerprint density at radius 1 is 1.71 bits per heavy atom. The van der Waals surface area contributed by atoms with E-state index in [2.05, 4.69) is 0 Å². The number of carbonyl (C=O) groups is 1. The maximum absolute atomic E-state index is 11.6. The van der Waals surface area contributed by atoms with Crippen LogP contribution in [0.4, 0.5) is 0 Å². The second-order valence-electron chi connectivity index (χ2n) is 4.05. The number of rotatable bonds is 4. The van der Waals surface area contributed by atoms with E-state index in [4.69, 9.17) is 4.74 Å². The number of amides is 1. The average Bonchev–Trinajstić information content (AvgIpc) is 2.52. The van der Waals surface area contributed by atoms with Gasteiger partial charge in [0.1, 0.15) is 0 Å². The Labute approximate surface area is 84.8 Å². The molecule has 4 nitrogen and oxygen atoms in total. The number of hydrogen-bond donors (Lipinski definition) is 1. The van der Waals surface area contributed by atoms with E-state index < -0.39 is 0 Å². The van der Waals surface area contributed by atoms with E-state index in [9.17, 15) is 9.90 Å². The summed E-state index contributed by atoms with van der Waals surface area (Å²) in [5.41, 5.74) is 0. The summed E-state index contributed by atoms with van der Waals surface area (Å²) < 4.78 is 4.97. The van der Waals surface area contributed by atoms with Crippen molar-refractivity contribution in [2.75, 3.05) is 26.8 Å². The molecule has 0 aromatic rings. The zero-order valence-electron chi connectivity index (χ0n) is 8.90. The molecular weight excluding hydrogens is 182 g/mol. The smallest absolute Gasteiger partial charge is 0.223 e. The Morgan fingerprint density at radius 2 is 2.43 bits per heavy atom. The molecule has 1 unspecified atom stereocenters. The molecule has 0 spiro atoms. The van der Waals surface area contributed by atoms with Crippen LogP contribution in [-0.4, -0.2) is 48.8 Å². The monoisotopic (exact) mass is 201 g/mol. The van der Waals surface area contributed by atoms with Crippen molar-refractivity contribution in [3.8, 4) is 0 Å². The van der Waals surface area contributed by atoms with Crippen LogP contribution in [0.1, 0.15) is 19.8 Å². The van der Waals surface area contributed by atoms with E-state index in [1.54, 1.807) is 12.0 Å². The molecule has 14 heavy (non-hydrogen) atoms. The van der Waals surface area contributed by atoms with Crippen molar-refractivity contribution in [1.82, 2.24) is 4.90 Å². The van der Waals surface area contributed by atoms with Gasteiger partial charge in [-0.3, -0.25) is 4.79 Å². The Morgan fingerprint density at radius 3 is 2.93 bits per heavy atom. The first-order valence-corrected chi connectivity index (χ1v) is 5.08. The molecule has 1 fully saturated rings. The van der Waals surface area contributed by atoms with Gasteiger partial charge >= 0.3 is 0 Å². The third-order valence-corrected chi connectivity index (χ3v) is 2.49. The van der Waals surface area contributed by atoms with Crippen molar-refractivity contribution in [2.24, 2.45) is 5.92 Å². The largest absolute Gasteiger partial charge is 0.391 e. The van der Waals surface area contributed by atoms with Crippen molar-refractivity contribution in [2.45, 2.75) is 25.9 Å². The van der Waals surface area contributed by atoms with E-state index in [1.165, 1.54) is 0 Å². The van der Waals surface area contributed by atoms with Crippen LogP contribution in [0.5, 0.6) is 0 Å². The Kier molecular flexibility index (Phi) is 4.35. The Balaban J connectivity index is 2.27. The van der Waals surface area contributed by atoms with Gasteiger partial charge in [0.05, 0.1) is 6.10 Å². The quantitative estimate of drug-likeness (QED) is 0.709. The second kappa shape index (κ2) is 5.32. The minimum Gasteiger partial charge on any atom is -0.391 e. The number of β-amino-alcohol motifs (C(OH)–C–C–N with tert-alkyl or cyclic N) is 1. The topological polar surface area (TPSA) is 49.8 Å². The van der Waals surface area contributed by atoms with Crippen LogP contribution in [0.2, 0.25) is 0 Å². The minimum absolute atomic E-state index is 0.131. The average molecular weight is 201 g/mol. The van der Waals surface area contributed by atoms with Gasteiger partial charge in [-0.2, -0.15) is 0 Å². The molecule has 2 atom stereocenters. The summed E-state index contributed by atoms with van der Waals surface area (Å²) in [5.74, 6) is 0.386. The van der Waals surface area contributed by atoms with Crippen LogP contribution in [0.3, 0.4) is 0 Å². The Hall–Kier alpha value is -0.610. The molecule has 1 saturated heterocycles. The van der Waals surface area contributed by atoms with Crippen molar-refractivity contribution in [3.63, 3.8) is 0 Å². The molecule has 1 rings (SSSR count). The van der Waals surface area contributed by atoms with Gasteiger partial charge in [0.2, 0.25) is 5.91 Å². The highest BCUT2D eigenvalue weighted by molar-refractivity contribution is 5.76. The SMILES string of the molecule is COCC(C)CC(=O)N1CC[C@H](O)C1. The highest BCUT2D eigenvalue weighted by Gasteiger charge is 2.25. The van der Waals surface area contributed by atoms with E-state index in [-0.39, 0.29) is 17.9 Å². The first kappa shape index (κ1) is 11.5. The predicted molar refractivity (Wildman–Crippen MR) is 52.9 cm³/mol. The van der Waals surface area contributed by atoms with Gasteiger partial charge in [0, 0.05) is 33.2 Å². The highest BCUT2D eigenvalue weighted by Crippen LogP contribution is 2.13. The van der Waals surface area contributed by atoms with Gasteiger partial charge in [0.15, 0.2) is 0 Å². The van der Waals surface area contributed by atoms with Crippen LogP contribution < -0.4 is 0 Å². The van der Waals surface area contributed by atoms with E-state index >= 15 is 0 Å².